The minimum atomic E-state index is -0.444. The van der Waals surface area contributed by atoms with E-state index in [1.807, 2.05) is 20.7 Å². The van der Waals surface area contributed by atoms with Gasteiger partial charge in [-0.25, -0.2) is 0 Å². The summed E-state index contributed by atoms with van der Waals surface area (Å²) in [6, 6.07) is 0.344. The molecule has 1 rings (SSSR count). The molecule has 0 amide bonds. The SMILES string of the molecule is C[B]OC(C)(C(C)=N)[C@H]1CCCN1C. The maximum atomic E-state index is 7.83. The first kappa shape index (κ1) is 11.7. The highest BCUT2D eigenvalue weighted by Crippen LogP contribution is 2.29. The molecule has 0 aromatic heterocycles. The highest BCUT2D eigenvalue weighted by atomic mass is 16.5. The van der Waals surface area contributed by atoms with Crippen molar-refractivity contribution in [2.75, 3.05) is 13.6 Å². The summed E-state index contributed by atoms with van der Waals surface area (Å²) in [6.45, 7) is 6.83. The van der Waals surface area contributed by atoms with Gasteiger partial charge in [-0.3, -0.25) is 0 Å². The van der Waals surface area contributed by atoms with Gasteiger partial charge in [0.15, 0.2) is 0 Å². The number of likely N-dealkylation sites (N-methyl/N-ethyl adjacent to an activating group) is 1. The predicted molar refractivity (Wildman–Crippen MR) is 60.2 cm³/mol. The summed E-state index contributed by atoms with van der Waals surface area (Å²) in [5.41, 5.74) is 0.161. The van der Waals surface area contributed by atoms with E-state index in [1.165, 1.54) is 6.42 Å². The van der Waals surface area contributed by atoms with E-state index < -0.39 is 5.60 Å². The second-order valence-electron chi connectivity index (χ2n) is 4.22. The molecule has 3 nitrogen and oxygen atoms in total. The number of likely N-dealkylation sites (tertiary alicyclic amines) is 1. The van der Waals surface area contributed by atoms with Gasteiger partial charge in [-0.15, -0.1) is 0 Å². The van der Waals surface area contributed by atoms with Gasteiger partial charge in [0.25, 0.3) is 7.48 Å². The standard InChI is InChI=1S/C10H20BN2O/c1-8(12)10(2,14-11-3)9-6-5-7-13(9)4/h9,12H,5-7H2,1-4H3/t9-,10?/m1/s1. The number of rotatable bonds is 4. The Labute approximate surface area is 87.6 Å². The summed E-state index contributed by atoms with van der Waals surface area (Å²) < 4.78 is 5.65. The highest BCUT2D eigenvalue weighted by Gasteiger charge is 2.41. The third-order valence-electron chi connectivity index (χ3n) is 3.26. The molecule has 0 bridgehead atoms. The Kier molecular flexibility index (Phi) is 3.73. The van der Waals surface area contributed by atoms with E-state index in [0.29, 0.717) is 11.8 Å². The summed E-state index contributed by atoms with van der Waals surface area (Å²) in [5.74, 6) is 0. The lowest BCUT2D eigenvalue weighted by atomic mass is 9.87. The van der Waals surface area contributed by atoms with Crippen LogP contribution in [0.15, 0.2) is 0 Å². The lowest BCUT2D eigenvalue weighted by molar-refractivity contribution is 0.0752. The molecule has 1 N–H and O–H groups in total. The summed E-state index contributed by atoms with van der Waals surface area (Å²) in [7, 11) is 3.81. The fraction of sp³-hybridized carbons (Fsp3) is 0.900. The smallest absolute Gasteiger partial charge is 0.290 e. The third kappa shape index (κ3) is 2.01. The maximum absolute atomic E-state index is 7.83. The summed E-state index contributed by atoms with van der Waals surface area (Å²) in [4.78, 5) is 2.29. The average molecular weight is 195 g/mol. The van der Waals surface area contributed by atoms with Gasteiger partial charge in [0, 0.05) is 11.8 Å². The third-order valence-corrected chi connectivity index (χ3v) is 3.26. The Morgan fingerprint density at radius 1 is 1.64 bits per heavy atom. The van der Waals surface area contributed by atoms with Crippen LogP contribution in [-0.4, -0.2) is 43.3 Å². The molecule has 14 heavy (non-hydrogen) atoms. The van der Waals surface area contributed by atoms with E-state index in [9.17, 15) is 0 Å². The molecule has 0 aromatic rings. The van der Waals surface area contributed by atoms with Crippen molar-refractivity contribution in [1.29, 1.82) is 5.41 Å². The second kappa shape index (κ2) is 4.45. The van der Waals surface area contributed by atoms with Gasteiger partial charge in [0.2, 0.25) is 0 Å². The van der Waals surface area contributed by atoms with Crippen molar-refractivity contribution in [3.63, 3.8) is 0 Å². The van der Waals surface area contributed by atoms with Crippen LogP contribution in [0.5, 0.6) is 0 Å². The Balaban J connectivity index is 2.80. The topological polar surface area (TPSA) is 36.3 Å². The zero-order valence-corrected chi connectivity index (χ0v) is 9.63. The molecule has 0 saturated carbocycles. The Morgan fingerprint density at radius 2 is 2.29 bits per heavy atom. The minimum absolute atomic E-state index is 0.344. The monoisotopic (exact) mass is 195 g/mol. The van der Waals surface area contributed by atoms with Crippen molar-refractivity contribution < 1.29 is 4.65 Å². The molecule has 4 heteroatoms. The van der Waals surface area contributed by atoms with Crippen LogP contribution >= 0.6 is 0 Å². The van der Waals surface area contributed by atoms with E-state index in [4.69, 9.17) is 10.1 Å². The largest absolute Gasteiger partial charge is 0.430 e. The number of hydrogen-bond acceptors (Lipinski definition) is 3. The van der Waals surface area contributed by atoms with Crippen LogP contribution in [0.25, 0.3) is 0 Å². The summed E-state index contributed by atoms with van der Waals surface area (Å²) in [5, 5.41) is 7.83. The molecule has 1 unspecified atom stereocenters. The van der Waals surface area contributed by atoms with Crippen molar-refractivity contribution in [2.45, 2.75) is 45.2 Å². The fourth-order valence-corrected chi connectivity index (χ4v) is 2.27. The second-order valence-corrected chi connectivity index (χ2v) is 4.22. The zero-order valence-electron chi connectivity index (χ0n) is 9.63. The molecule has 79 valence electrons. The highest BCUT2D eigenvalue weighted by molar-refractivity contribution is 6.25. The van der Waals surface area contributed by atoms with E-state index in [-0.39, 0.29) is 0 Å². The van der Waals surface area contributed by atoms with E-state index in [1.54, 1.807) is 7.48 Å². The van der Waals surface area contributed by atoms with Crippen LogP contribution < -0.4 is 0 Å². The molecule has 0 aliphatic carbocycles. The summed E-state index contributed by atoms with van der Waals surface area (Å²) >= 11 is 0. The molecular formula is C10H20BN2O. The molecular weight excluding hydrogens is 175 g/mol. The van der Waals surface area contributed by atoms with Crippen molar-refractivity contribution in [1.82, 2.24) is 4.90 Å². The predicted octanol–water partition coefficient (Wildman–Crippen LogP) is 1.56. The van der Waals surface area contributed by atoms with E-state index in [2.05, 4.69) is 11.9 Å². The molecule has 1 aliphatic rings. The fourth-order valence-electron chi connectivity index (χ4n) is 2.27. The van der Waals surface area contributed by atoms with Crippen molar-refractivity contribution in [2.24, 2.45) is 0 Å². The molecule has 2 atom stereocenters. The van der Waals surface area contributed by atoms with Gasteiger partial charge in [-0.1, -0.05) is 6.82 Å². The van der Waals surface area contributed by atoms with Crippen LogP contribution in [0, 0.1) is 5.41 Å². The van der Waals surface area contributed by atoms with Gasteiger partial charge in [0.1, 0.15) is 5.60 Å². The van der Waals surface area contributed by atoms with Crippen molar-refractivity contribution >= 4 is 13.2 Å². The maximum Gasteiger partial charge on any atom is 0.290 e. The lowest BCUT2D eigenvalue weighted by Crippen LogP contribution is -2.53. The van der Waals surface area contributed by atoms with Gasteiger partial charge in [-0.2, -0.15) is 0 Å². The van der Waals surface area contributed by atoms with Gasteiger partial charge >= 0.3 is 0 Å². The van der Waals surface area contributed by atoms with E-state index >= 15 is 0 Å². The van der Waals surface area contributed by atoms with Gasteiger partial charge < -0.3 is 15.0 Å². The van der Waals surface area contributed by atoms with Gasteiger partial charge in [-0.05, 0) is 40.3 Å². The first-order chi connectivity index (χ1) is 6.52. The molecule has 1 heterocycles. The van der Waals surface area contributed by atoms with Crippen LogP contribution in [0.3, 0.4) is 0 Å². The molecule has 1 saturated heterocycles. The first-order valence-corrected chi connectivity index (χ1v) is 5.24. The number of nitrogens with one attached hydrogen (secondary N) is 1. The Morgan fingerprint density at radius 3 is 2.64 bits per heavy atom. The average Bonchev–Trinajstić information content (AvgIpc) is 2.51. The van der Waals surface area contributed by atoms with Gasteiger partial charge in [0.05, 0.1) is 0 Å². The molecule has 1 aliphatic heterocycles. The minimum Gasteiger partial charge on any atom is -0.430 e. The van der Waals surface area contributed by atoms with Crippen LogP contribution in [0.1, 0.15) is 26.7 Å². The van der Waals surface area contributed by atoms with E-state index in [0.717, 1.165) is 13.0 Å². The van der Waals surface area contributed by atoms with Crippen LogP contribution in [0.2, 0.25) is 6.82 Å². The number of nitrogens with zero attached hydrogens (tertiary/aromatic N) is 1. The quantitative estimate of drug-likeness (QED) is 0.545. The molecule has 1 radical (unpaired) electrons. The van der Waals surface area contributed by atoms with Crippen molar-refractivity contribution in [3.8, 4) is 0 Å². The molecule has 1 fully saturated rings. The molecule has 0 aromatic carbocycles. The van der Waals surface area contributed by atoms with Crippen molar-refractivity contribution in [3.05, 3.63) is 0 Å². The van der Waals surface area contributed by atoms with Crippen LogP contribution in [-0.2, 0) is 4.65 Å². The van der Waals surface area contributed by atoms with Crippen LogP contribution in [0.4, 0.5) is 0 Å². The Bertz CT molecular complexity index is 222. The normalized spacial score (nSPS) is 27.3. The zero-order chi connectivity index (χ0) is 10.8. The lowest BCUT2D eigenvalue weighted by Gasteiger charge is -2.39. The summed E-state index contributed by atoms with van der Waals surface area (Å²) in [6.07, 6.45) is 2.33. The number of hydrogen-bond donors (Lipinski definition) is 1. The Hall–Kier alpha value is -0.345. The first-order valence-electron chi connectivity index (χ1n) is 5.24. The molecule has 0 spiro atoms.